The maximum atomic E-state index is 13.6. The van der Waals surface area contributed by atoms with Gasteiger partial charge in [0.05, 0.1) is 41.7 Å². The van der Waals surface area contributed by atoms with Gasteiger partial charge < -0.3 is 20.1 Å². The summed E-state index contributed by atoms with van der Waals surface area (Å²) < 4.78 is 12.5. The van der Waals surface area contributed by atoms with E-state index in [1.807, 2.05) is 25.1 Å². The third kappa shape index (κ3) is 4.83. The van der Waals surface area contributed by atoms with Gasteiger partial charge in [0.15, 0.2) is 5.82 Å². The third-order valence-corrected chi connectivity index (χ3v) is 6.62. The molecule has 9 nitrogen and oxygen atoms in total. The van der Waals surface area contributed by atoms with Crippen LogP contribution in [0.5, 0.6) is 11.5 Å². The third-order valence-electron chi connectivity index (χ3n) is 5.89. The van der Waals surface area contributed by atoms with Crippen LogP contribution in [0.25, 0.3) is 11.4 Å². The van der Waals surface area contributed by atoms with Crippen molar-refractivity contribution < 1.29 is 14.3 Å². The number of fused-ring (bicyclic) bond motifs is 1. The maximum Gasteiger partial charge on any atom is 0.255 e. The summed E-state index contributed by atoms with van der Waals surface area (Å²) in [4.78, 5) is 22.4. The number of halogens is 2. The van der Waals surface area contributed by atoms with Crippen LogP contribution in [0.3, 0.4) is 0 Å². The second-order valence-corrected chi connectivity index (χ2v) is 9.05. The van der Waals surface area contributed by atoms with Crippen LogP contribution in [0.4, 0.5) is 11.6 Å². The second-order valence-electron chi connectivity index (χ2n) is 8.24. The number of aromatic nitrogens is 4. The fraction of sp³-hybridized carbons (Fsp3) is 0.154. The molecule has 37 heavy (non-hydrogen) atoms. The lowest BCUT2D eigenvalue weighted by Crippen LogP contribution is -2.31. The van der Waals surface area contributed by atoms with Crippen LogP contribution in [0.15, 0.2) is 72.2 Å². The van der Waals surface area contributed by atoms with Gasteiger partial charge in [0.2, 0.25) is 5.95 Å². The van der Waals surface area contributed by atoms with Gasteiger partial charge in [-0.05, 0) is 48.9 Å². The van der Waals surface area contributed by atoms with E-state index in [2.05, 4.69) is 15.6 Å². The molecule has 2 aromatic carbocycles. The van der Waals surface area contributed by atoms with Crippen molar-refractivity contribution in [1.29, 1.82) is 0 Å². The Labute approximate surface area is 223 Å². The van der Waals surface area contributed by atoms with E-state index in [0.29, 0.717) is 61.4 Å². The highest BCUT2D eigenvalue weighted by Gasteiger charge is 2.35. The molecule has 11 heteroatoms. The molecule has 1 amide bonds. The van der Waals surface area contributed by atoms with Gasteiger partial charge in [-0.1, -0.05) is 29.3 Å². The number of rotatable bonds is 6. The van der Waals surface area contributed by atoms with Crippen LogP contribution in [0.2, 0.25) is 10.0 Å². The van der Waals surface area contributed by atoms with E-state index >= 15 is 0 Å². The number of pyridine rings is 1. The van der Waals surface area contributed by atoms with E-state index in [1.165, 1.54) is 0 Å². The molecule has 188 valence electrons. The van der Waals surface area contributed by atoms with Gasteiger partial charge in [0.1, 0.15) is 17.5 Å². The molecule has 0 saturated carbocycles. The second kappa shape index (κ2) is 10.1. The van der Waals surface area contributed by atoms with Crippen molar-refractivity contribution in [3.05, 3.63) is 87.8 Å². The minimum atomic E-state index is -0.642. The van der Waals surface area contributed by atoms with Gasteiger partial charge in [0.25, 0.3) is 5.91 Å². The highest BCUT2D eigenvalue weighted by Crippen LogP contribution is 2.39. The van der Waals surface area contributed by atoms with Crippen LogP contribution in [-0.2, 0) is 4.79 Å². The molecular formula is C26H22Cl2N6O3. The van der Waals surface area contributed by atoms with Gasteiger partial charge >= 0.3 is 0 Å². The normalized spacial score (nSPS) is 14.6. The van der Waals surface area contributed by atoms with Crippen LogP contribution in [0.1, 0.15) is 18.5 Å². The van der Waals surface area contributed by atoms with E-state index in [1.54, 1.807) is 61.6 Å². The van der Waals surface area contributed by atoms with Gasteiger partial charge in [-0.2, -0.15) is 4.98 Å². The van der Waals surface area contributed by atoms with Gasteiger partial charge in [0, 0.05) is 23.5 Å². The van der Waals surface area contributed by atoms with Gasteiger partial charge in [-0.3, -0.25) is 9.78 Å². The fourth-order valence-corrected chi connectivity index (χ4v) is 4.44. The number of carbonyl (C=O) groups excluding carboxylic acids is 1. The number of anilines is 2. The molecule has 0 bridgehead atoms. The van der Waals surface area contributed by atoms with Crippen LogP contribution >= 0.6 is 23.2 Å². The summed E-state index contributed by atoms with van der Waals surface area (Å²) >= 11 is 12.6. The largest absolute Gasteiger partial charge is 0.497 e. The molecule has 2 N–H and O–H groups in total. The fourth-order valence-electron chi connectivity index (χ4n) is 4.13. The molecule has 1 unspecified atom stereocenters. The SMILES string of the molecule is COc1cc(OC)cc(-c2nc3n(n2)C(c2ccc(Cl)c(Cl)c2)C(C(=O)Nc2cccnc2)=C(C)N3)c1. The van der Waals surface area contributed by atoms with Crippen molar-refractivity contribution in [2.24, 2.45) is 0 Å². The molecule has 0 radical (unpaired) electrons. The Bertz CT molecular complexity index is 1500. The molecule has 1 aliphatic heterocycles. The number of methoxy groups -OCH3 is 2. The van der Waals surface area contributed by atoms with E-state index in [-0.39, 0.29) is 5.91 Å². The summed E-state index contributed by atoms with van der Waals surface area (Å²) in [5.41, 5.74) is 3.02. The minimum Gasteiger partial charge on any atom is -0.497 e. The zero-order valence-corrected chi connectivity index (χ0v) is 21.6. The Morgan fingerprint density at radius 3 is 2.46 bits per heavy atom. The summed E-state index contributed by atoms with van der Waals surface area (Å²) in [6.07, 6.45) is 3.21. The smallest absolute Gasteiger partial charge is 0.255 e. The zero-order chi connectivity index (χ0) is 26.1. The highest BCUT2D eigenvalue weighted by molar-refractivity contribution is 6.42. The molecule has 5 rings (SSSR count). The van der Waals surface area contributed by atoms with E-state index in [9.17, 15) is 4.79 Å². The molecule has 0 saturated heterocycles. The molecule has 2 aromatic heterocycles. The molecule has 3 heterocycles. The molecule has 0 spiro atoms. The first kappa shape index (κ1) is 24.6. The first-order valence-electron chi connectivity index (χ1n) is 11.2. The van der Waals surface area contributed by atoms with Crippen molar-refractivity contribution in [2.45, 2.75) is 13.0 Å². The number of hydrogen-bond donors (Lipinski definition) is 2. The number of nitrogens with one attached hydrogen (secondary N) is 2. The number of ether oxygens (including phenoxy) is 2. The van der Waals surface area contributed by atoms with Gasteiger partial charge in [-0.15, -0.1) is 5.10 Å². The summed E-state index contributed by atoms with van der Waals surface area (Å²) in [6, 6.07) is 13.5. The number of allylic oxidation sites excluding steroid dienone is 1. The summed E-state index contributed by atoms with van der Waals surface area (Å²) in [6.45, 7) is 1.81. The molecule has 1 atom stereocenters. The van der Waals surface area contributed by atoms with Crippen molar-refractivity contribution in [3.63, 3.8) is 0 Å². The van der Waals surface area contributed by atoms with Crippen LogP contribution in [-0.4, -0.2) is 39.9 Å². The van der Waals surface area contributed by atoms with Crippen molar-refractivity contribution in [3.8, 4) is 22.9 Å². The minimum absolute atomic E-state index is 0.320. The first-order valence-corrected chi connectivity index (χ1v) is 12.0. The number of carbonyl (C=O) groups is 1. The zero-order valence-electron chi connectivity index (χ0n) is 20.1. The van der Waals surface area contributed by atoms with E-state index < -0.39 is 6.04 Å². The van der Waals surface area contributed by atoms with Crippen molar-refractivity contribution >= 4 is 40.7 Å². The standard InChI is InChI=1S/C26H22Cl2N6O3/c1-14-22(25(35)31-17-5-4-8-29-13-17)23(15-6-7-20(27)21(28)11-15)34-26(30-14)32-24(33-34)16-9-18(36-2)12-19(10-16)37-3/h4-13,23H,1-3H3,(H,31,35)(H,30,32,33). The number of nitrogens with zero attached hydrogens (tertiary/aromatic N) is 4. The predicted molar refractivity (Wildman–Crippen MR) is 142 cm³/mol. The predicted octanol–water partition coefficient (Wildman–Crippen LogP) is 5.59. The Hall–Kier alpha value is -4.08. The van der Waals surface area contributed by atoms with Crippen LogP contribution in [0, 0.1) is 0 Å². The molecular weight excluding hydrogens is 515 g/mol. The van der Waals surface area contributed by atoms with Crippen LogP contribution < -0.4 is 20.1 Å². The summed E-state index contributed by atoms with van der Waals surface area (Å²) in [5, 5.41) is 11.7. The molecule has 4 aromatic rings. The Balaban J connectivity index is 1.63. The number of amides is 1. The van der Waals surface area contributed by atoms with E-state index in [0.717, 1.165) is 0 Å². The van der Waals surface area contributed by atoms with E-state index in [4.69, 9.17) is 42.8 Å². The van der Waals surface area contributed by atoms with Crippen molar-refractivity contribution in [2.75, 3.05) is 24.9 Å². The maximum absolute atomic E-state index is 13.6. The Morgan fingerprint density at radius 2 is 1.81 bits per heavy atom. The lowest BCUT2D eigenvalue weighted by molar-refractivity contribution is -0.113. The molecule has 0 aliphatic carbocycles. The Morgan fingerprint density at radius 1 is 1.05 bits per heavy atom. The summed E-state index contributed by atoms with van der Waals surface area (Å²) in [5.74, 6) is 1.76. The van der Waals surface area contributed by atoms with Gasteiger partial charge in [-0.25, -0.2) is 4.68 Å². The summed E-state index contributed by atoms with van der Waals surface area (Å²) in [7, 11) is 3.15. The van der Waals surface area contributed by atoms with Crippen molar-refractivity contribution in [1.82, 2.24) is 19.7 Å². The Kier molecular flexibility index (Phi) is 6.73. The average Bonchev–Trinajstić information content (AvgIpc) is 3.33. The first-order chi connectivity index (χ1) is 17.9. The topological polar surface area (TPSA) is 103 Å². The molecule has 0 fully saturated rings. The quantitative estimate of drug-likeness (QED) is 0.331. The number of hydrogen-bond acceptors (Lipinski definition) is 7. The average molecular weight is 537 g/mol. The highest BCUT2D eigenvalue weighted by atomic mass is 35.5. The monoisotopic (exact) mass is 536 g/mol. The lowest BCUT2D eigenvalue weighted by Gasteiger charge is -2.28. The lowest BCUT2D eigenvalue weighted by atomic mass is 9.95. The molecule has 1 aliphatic rings. The number of benzene rings is 2.